The molecule has 412 valence electrons. The van der Waals surface area contributed by atoms with E-state index < -0.39 is 24.6 Å². The van der Waals surface area contributed by atoms with Gasteiger partial charge in [-0.15, -0.1) is 0 Å². The van der Waals surface area contributed by atoms with Crippen LogP contribution in [0, 0.1) is 35.5 Å². The van der Waals surface area contributed by atoms with E-state index in [4.69, 9.17) is 33.2 Å². The molecule has 2 fully saturated rings. The number of unbranched alkanes of at least 4 members (excludes halogenated alkanes) is 2. The second kappa shape index (κ2) is 34.6. The van der Waals surface area contributed by atoms with Gasteiger partial charge in [0.2, 0.25) is 17.7 Å². The minimum absolute atomic E-state index is 0.0327. The van der Waals surface area contributed by atoms with Crippen molar-refractivity contribution in [2.75, 3.05) is 52.6 Å². The number of nitrogens with one attached hydrogen (secondary N) is 4. The number of ether oxygens (including phenoxy) is 7. The van der Waals surface area contributed by atoms with Crippen molar-refractivity contribution in [3.8, 4) is 0 Å². The third-order valence-electron chi connectivity index (χ3n) is 14.2. The molecule has 11 atom stereocenters. The molecule has 1 aromatic rings. The molecule has 2 saturated heterocycles. The molecule has 19 nitrogen and oxygen atoms in total. The molecular weight excluding hydrogens is 945 g/mol. The molecule has 0 aromatic heterocycles. The summed E-state index contributed by atoms with van der Waals surface area (Å²) in [5, 5.41) is 11.5. The van der Waals surface area contributed by atoms with Crippen LogP contribution >= 0.6 is 0 Å². The van der Waals surface area contributed by atoms with E-state index in [1.165, 1.54) is 13.8 Å². The molecule has 5 unspecified atom stereocenters. The Morgan fingerprint density at radius 2 is 1.03 bits per heavy atom. The van der Waals surface area contributed by atoms with Gasteiger partial charge in [-0.05, 0) is 67.8 Å². The first-order chi connectivity index (χ1) is 34.9. The summed E-state index contributed by atoms with van der Waals surface area (Å²) < 4.78 is 40.1. The summed E-state index contributed by atoms with van der Waals surface area (Å²) in [7, 11) is 0. The van der Waals surface area contributed by atoms with Gasteiger partial charge in [-0.1, -0.05) is 71.9 Å². The van der Waals surface area contributed by atoms with Crippen LogP contribution in [0.15, 0.2) is 30.3 Å². The summed E-state index contributed by atoms with van der Waals surface area (Å²) in [6.07, 6.45) is 1.53. The average Bonchev–Trinajstić information content (AvgIpc) is 3.36. The summed E-state index contributed by atoms with van der Waals surface area (Å²) in [6, 6.07) is 8.42. The van der Waals surface area contributed by atoms with E-state index in [9.17, 15) is 38.4 Å². The second-order valence-electron chi connectivity index (χ2n) is 19.8. The number of Topliss-reactive ketones (excluding diaryl/α,β-unsaturated/α-hetero) is 2. The SMILES string of the molecule is CC(=O)OCC1O[C@@H](OCCCCNC(=O)CCC(=O)CNC(CCNC(=O)CCCC(=O)OCc2ccccc2)C(=O)CCC(=O)NCCCCO[C@@H]2OC(COC(C)=O)[C@H](C)[C@H](C)C2C)C(C)[C@@H](C)[C@H]1C. The predicted molar refractivity (Wildman–Crippen MR) is 270 cm³/mol. The van der Waals surface area contributed by atoms with Gasteiger partial charge in [0.25, 0.3) is 0 Å². The highest BCUT2D eigenvalue weighted by atomic mass is 16.7. The Labute approximate surface area is 432 Å². The number of benzene rings is 1. The zero-order valence-electron chi connectivity index (χ0n) is 44.7. The molecule has 2 aliphatic heterocycles. The molecule has 19 heteroatoms. The normalized spacial score (nSPS) is 24.1. The zero-order chi connectivity index (χ0) is 53.7. The fraction of sp³-hybridized carbons (Fsp3) is 0.741. The van der Waals surface area contributed by atoms with Gasteiger partial charge in [0.1, 0.15) is 31.4 Å². The first-order valence-electron chi connectivity index (χ1n) is 26.4. The summed E-state index contributed by atoms with van der Waals surface area (Å²) in [5.74, 6) is -1.34. The van der Waals surface area contributed by atoms with Gasteiger partial charge in [0.15, 0.2) is 12.6 Å². The third kappa shape index (κ3) is 24.8. The summed E-state index contributed by atoms with van der Waals surface area (Å²) in [4.78, 5) is 99.3. The summed E-state index contributed by atoms with van der Waals surface area (Å²) >= 11 is 0. The Hall–Kier alpha value is -4.82. The van der Waals surface area contributed by atoms with E-state index in [1.54, 1.807) is 0 Å². The maximum Gasteiger partial charge on any atom is 0.306 e. The van der Waals surface area contributed by atoms with Crippen molar-refractivity contribution >= 4 is 47.2 Å². The molecular formula is C54H86N4O15. The Morgan fingerprint density at radius 3 is 1.55 bits per heavy atom. The van der Waals surface area contributed by atoms with Crippen LogP contribution in [0.4, 0.5) is 0 Å². The maximum absolute atomic E-state index is 13.5. The molecule has 0 bridgehead atoms. The monoisotopic (exact) mass is 1030 g/mol. The van der Waals surface area contributed by atoms with Gasteiger partial charge < -0.3 is 54.4 Å². The van der Waals surface area contributed by atoms with Crippen molar-refractivity contribution in [3.05, 3.63) is 35.9 Å². The van der Waals surface area contributed by atoms with Gasteiger partial charge in [0.05, 0.1) is 24.8 Å². The van der Waals surface area contributed by atoms with Gasteiger partial charge in [-0.2, -0.15) is 0 Å². The van der Waals surface area contributed by atoms with E-state index in [2.05, 4.69) is 62.8 Å². The zero-order valence-corrected chi connectivity index (χ0v) is 44.7. The van der Waals surface area contributed by atoms with Crippen LogP contribution in [-0.2, 0) is 78.1 Å². The Kier molecular flexibility index (Phi) is 29.6. The Morgan fingerprint density at radius 1 is 0.534 bits per heavy atom. The number of esters is 3. The Balaban J connectivity index is 1.38. The largest absolute Gasteiger partial charge is 0.463 e. The average molecular weight is 1030 g/mol. The van der Waals surface area contributed by atoms with Crippen LogP contribution < -0.4 is 21.3 Å². The van der Waals surface area contributed by atoms with Crippen molar-refractivity contribution in [1.29, 1.82) is 0 Å². The lowest BCUT2D eigenvalue weighted by atomic mass is 9.79. The number of carbonyl (C=O) groups is 8. The summed E-state index contributed by atoms with van der Waals surface area (Å²) in [5.41, 5.74) is 0.862. The van der Waals surface area contributed by atoms with E-state index in [0.29, 0.717) is 63.8 Å². The molecule has 3 rings (SSSR count). The number of rotatable bonds is 35. The predicted octanol–water partition coefficient (Wildman–Crippen LogP) is 5.28. The van der Waals surface area contributed by atoms with Crippen LogP contribution in [0.25, 0.3) is 0 Å². The van der Waals surface area contributed by atoms with Gasteiger partial charge in [-0.3, -0.25) is 38.4 Å². The maximum atomic E-state index is 13.5. The second-order valence-corrected chi connectivity index (χ2v) is 19.8. The highest BCUT2D eigenvalue weighted by Gasteiger charge is 2.41. The number of hydrogen-bond acceptors (Lipinski definition) is 16. The molecule has 0 radical (unpaired) electrons. The highest BCUT2D eigenvalue weighted by molar-refractivity contribution is 5.90. The number of hydrogen-bond donors (Lipinski definition) is 4. The molecule has 1 aromatic carbocycles. The van der Waals surface area contributed by atoms with Crippen LogP contribution in [0.3, 0.4) is 0 Å². The molecule has 4 N–H and O–H groups in total. The molecule has 2 aliphatic rings. The quantitative estimate of drug-likeness (QED) is 0.0384. The highest BCUT2D eigenvalue weighted by Crippen LogP contribution is 2.37. The molecule has 73 heavy (non-hydrogen) atoms. The first-order valence-corrected chi connectivity index (χ1v) is 26.4. The smallest absolute Gasteiger partial charge is 0.306 e. The van der Waals surface area contributed by atoms with Crippen LogP contribution in [0.5, 0.6) is 0 Å². The Bertz CT molecular complexity index is 1870. The number of amides is 3. The molecule has 0 aliphatic carbocycles. The van der Waals surface area contributed by atoms with Crippen molar-refractivity contribution in [2.24, 2.45) is 35.5 Å². The van der Waals surface area contributed by atoms with Crippen molar-refractivity contribution in [3.63, 3.8) is 0 Å². The summed E-state index contributed by atoms with van der Waals surface area (Å²) in [6.45, 7) is 17.4. The van der Waals surface area contributed by atoms with Crippen LogP contribution in [-0.4, -0.2) is 131 Å². The molecule has 0 spiro atoms. The first kappa shape index (κ1) is 62.5. The number of ketones is 2. The fourth-order valence-electron chi connectivity index (χ4n) is 8.63. The third-order valence-corrected chi connectivity index (χ3v) is 14.2. The van der Waals surface area contributed by atoms with E-state index >= 15 is 0 Å². The minimum atomic E-state index is -0.852. The van der Waals surface area contributed by atoms with E-state index in [0.717, 1.165) is 5.56 Å². The lowest BCUT2D eigenvalue weighted by Gasteiger charge is -2.43. The minimum Gasteiger partial charge on any atom is -0.463 e. The van der Waals surface area contributed by atoms with Gasteiger partial charge in [0, 0.05) is 97.1 Å². The van der Waals surface area contributed by atoms with Gasteiger partial charge >= 0.3 is 17.9 Å². The van der Waals surface area contributed by atoms with Crippen LogP contribution in [0.2, 0.25) is 0 Å². The van der Waals surface area contributed by atoms with Crippen LogP contribution in [0.1, 0.15) is 138 Å². The molecule has 3 amide bonds. The molecule has 2 heterocycles. The standard InChI is InChI=1S/C54H86N4O15/c1-35-37(3)47(33-69-41(7)59)72-53(39(35)5)67-29-14-12-26-55-50(64)23-21-44(61)31-58-45(25-28-57-49(63)19-16-20-52(66)71-32-43-17-10-9-11-18-43)46(62)22-24-51(65)56-27-13-15-30-68-54-40(6)36(2)38(4)48(73-54)34-70-42(8)60/h9-11,17-18,35-40,45,47-48,53-54,58H,12-16,19-34H2,1-8H3,(H,55,64)(H,56,65)(H,57,63)/t35-,36-,37+,38+,39?,40?,45?,47?,48?,53+,54+/m0/s1. The lowest BCUT2D eigenvalue weighted by Crippen LogP contribution is -2.47. The van der Waals surface area contributed by atoms with E-state index in [-0.39, 0.29) is 161 Å². The topological polar surface area (TPSA) is 249 Å². The fourth-order valence-corrected chi connectivity index (χ4v) is 8.63. The number of carbonyl (C=O) groups excluding carboxylic acids is 8. The van der Waals surface area contributed by atoms with E-state index in [1.807, 2.05) is 30.3 Å². The van der Waals surface area contributed by atoms with Crippen molar-refractivity contribution in [2.45, 2.75) is 170 Å². The van der Waals surface area contributed by atoms with Gasteiger partial charge in [-0.25, -0.2) is 0 Å². The lowest BCUT2D eigenvalue weighted by molar-refractivity contribution is -0.255. The van der Waals surface area contributed by atoms with Crippen molar-refractivity contribution < 1.29 is 71.5 Å². The van der Waals surface area contributed by atoms with Crippen molar-refractivity contribution in [1.82, 2.24) is 21.3 Å². The molecule has 0 saturated carbocycles.